The van der Waals surface area contributed by atoms with Crippen molar-refractivity contribution in [2.75, 3.05) is 0 Å². The van der Waals surface area contributed by atoms with Crippen LogP contribution in [0.3, 0.4) is 0 Å². The minimum absolute atomic E-state index is 1.17. The van der Waals surface area contributed by atoms with Crippen LogP contribution in [0.1, 0.15) is 0 Å². The molecule has 0 saturated heterocycles. The molecule has 182 valence electrons. The molecule has 3 aromatic heterocycles. The van der Waals surface area contributed by atoms with E-state index in [0.29, 0.717) is 0 Å². The van der Waals surface area contributed by atoms with Gasteiger partial charge in [-0.3, -0.25) is 0 Å². The van der Waals surface area contributed by atoms with Gasteiger partial charge in [0.1, 0.15) is 0 Å². The molecule has 0 N–H and O–H groups in total. The fourth-order valence-corrected chi connectivity index (χ4v) is 7.73. The number of hydrogen-bond donors (Lipinski definition) is 0. The molecule has 0 radical (unpaired) electrons. The molecule has 0 bridgehead atoms. The number of aromatic nitrogens is 2. The molecular formula is C36H22N2S. The summed E-state index contributed by atoms with van der Waals surface area (Å²) in [6, 6.07) is 48.5. The number of benzene rings is 6. The number of thiophene rings is 1. The van der Waals surface area contributed by atoms with E-state index in [0.717, 1.165) is 0 Å². The number of para-hydroxylation sites is 3. The van der Waals surface area contributed by atoms with Gasteiger partial charge >= 0.3 is 0 Å². The molecule has 2 nitrogen and oxygen atoms in total. The van der Waals surface area contributed by atoms with E-state index in [4.69, 9.17) is 0 Å². The molecule has 3 heteroatoms. The van der Waals surface area contributed by atoms with Gasteiger partial charge in [-0.15, -0.1) is 11.3 Å². The van der Waals surface area contributed by atoms with E-state index in [1.54, 1.807) is 0 Å². The van der Waals surface area contributed by atoms with E-state index in [1.165, 1.54) is 75.2 Å². The molecular weight excluding hydrogens is 492 g/mol. The summed E-state index contributed by atoms with van der Waals surface area (Å²) in [7, 11) is 0. The second kappa shape index (κ2) is 7.83. The predicted molar refractivity (Wildman–Crippen MR) is 168 cm³/mol. The van der Waals surface area contributed by atoms with E-state index in [1.807, 2.05) is 11.3 Å². The Balaban J connectivity index is 1.60. The lowest BCUT2D eigenvalue weighted by molar-refractivity contribution is 1.15. The summed E-state index contributed by atoms with van der Waals surface area (Å²) >= 11 is 1.90. The summed E-state index contributed by atoms with van der Waals surface area (Å²) in [4.78, 5) is 0. The molecule has 0 aliphatic rings. The van der Waals surface area contributed by atoms with Crippen LogP contribution in [0.15, 0.2) is 133 Å². The van der Waals surface area contributed by atoms with E-state index in [9.17, 15) is 0 Å². The summed E-state index contributed by atoms with van der Waals surface area (Å²) in [5, 5.41) is 7.76. The average molecular weight is 515 g/mol. The molecule has 9 rings (SSSR count). The van der Waals surface area contributed by atoms with Crippen LogP contribution < -0.4 is 0 Å². The third kappa shape index (κ3) is 2.80. The molecule has 0 saturated carbocycles. The van der Waals surface area contributed by atoms with Crippen molar-refractivity contribution < 1.29 is 0 Å². The van der Waals surface area contributed by atoms with Gasteiger partial charge in [-0.1, -0.05) is 97.1 Å². The van der Waals surface area contributed by atoms with Crippen molar-refractivity contribution in [2.45, 2.75) is 0 Å². The summed E-state index contributed by atoms with van der Waals surface area (Å²) in [5.41, 5.74) is 7.36. The molecule has 0 atom stereocenters. The third-order valence-electron chi connectivity index (χ3n) is 8.10. The molecule has 9 aromatic rings. The van der Waals surface area contributed by atoms with Gasteiger partial charge in [-0.05, 0) is 36.4 Å². The number of rotatable bonds is 2. The standard InChI is InChI=1S/C36H22N2S/c1-3-11-23(12-4-1)37-31-17-9-7-15-25(31)27-19-20-28-29-21-22-30-26-16-8-10-18-32(26)39-36(30)35(29)38(34(28)33(27)37)24-13-5-2-6-14-24/h1-22H. The van der Waals surface area contributed by atoms with Gasteiger partial charge in [0.25, 0.3) is 0 Å². The number of nitrogens with zero attached hydrogens (tertiary/aromatic N) is 2. The Hall–Kier alpha value is -4.86. The summed E-state index contributed by atoms with van der Waals surface area (Å²) < 4.78 is 7.63. The number of hydrogen-bond acceptors (Lipinski definition) is 1. The Morgan fingerprint density at radius 1 is 0.359 bits per heavy atom. The van der Waals surface area contributed by atoms with Crippen molar-refractivity contribution in [1.82, 2.24) is 9.13 Å². The van der Waals surface area contributed by atoms with Crippen molar-refractivity contribution >= 4 is 75.1 Å². The van der Waals surface area contributed by atoms with Crippen LogP contribution in [0.2, 0.25) is 0 Å². The number of fused-ring (bicyclic) bond motifs is 11. The van der Waals surface area contributed by atoms with E-state index in [2.05, 4.69) is 143 Å². The van der Waals surface area contributed by atoms with E-state index >= 15 is 0 Å². The molecule has 0 aliphatic heterocycles. The highest BCUT2D eigenvalue weighted by molar-refractivity contribution is 7.26. The van der Waals surface area contributed by atoms with Crippen LogP contribution in [0.5, 0.6) is 0 Å². The van der Waals surface area contributed by atoms with Gasteiger partial charge in [0.2, 0.25) is 0 Å². The molecule has 0 spiro atoms. The van der Waals surface area contributed by atoms with Gasteiger partial charge in [-0.2, -0.15) is 0 Å². The summed E-state index contributed by atoms with van der Waals surface area (Å²) in [6.45, 7) is 0. The average Bonchev–Trinajstić information content (AvgIpc) is 3.65. The van der Waals surface area contributed by atoms with Crippen LogP contribution >= 0.6 is 11.3 Å². The zero-order valence-corrected chi connectivity index (χ0v) is 21.8. The quantitative estimate of drug-likeness (QED) is 0.217. The van der Waals surface area contributed by atoms with Crippen LogP contribution in [0, 0.1) is 0 Å². The first-order chi connectivity index (χ1) is 19.4. The SMILES string of the molecule is c1ccc(-n2c3ccccc3c3ccc4c5ccc6c7ccccc7sc6c5n(-c5ccccc5)c4c32)cc1. The monoisotopic (exact) mass is 514 g/mol. The fourth-order valence-electron chi connectivity index (χ4n) is 6.49. The predicted octanol–water partition coefficient (Wildman–Crippen LogP) is 10.2. The first kappa shape index (κ1) is 21.1. The lowest BCUT2D eigenvalue weighted by atomic mass is 10.1. The Morgan fingerprint density at radius 3 is 1.62 bits per heavy atom. The lowest BCUT2D eigenvalue weighted by Crippen LogP contribution is -1.98. The third-order valence-corrected chi connectivity index (χ3v) is 9.29. The highest BCUT2D eigenvalue weighted by atomic mass is 32.1. The van der Waals surface area contributed by atoms with E-state index in [-0.39, 0.29) is 0 Å². The summed E-state index contributed by atoms with van der Waals surface area (Å²) in [6.07, 6.45) is 0. The fraction of sp³-hybridized carbons (Fsp3) is 0. The van der Waals surface area contributed by atoms with Gasteiger partial charge in [-0.25, -0.2) is 0 Å². The topological polar surface area (TPSA) is 9.86 Å². The van der Waals surface area contributed by atoms with Crippen molar-refractivity contribution in [3.63, 3.8) is 0 Å². The Labute approximate surface area is 228 Å². The molecule has 0 aliphatic carbocycles. The maximum atomic E-state index is 2.52. The highest BCUT2D eigenvalue weighted by Crippen LogP contribution is 2.46. The highest BCUT2D eigenvalue weighted by Gasteiger charge is 2.23. The van der Waals surface area contributed by atoms with Crippen molar-refractivity contribution in [3.05, 3.63) is 133 Å². The Kier molecular flexibility index (Phi) is 4.24. The lowest BCUT2D eigenvalue weighted by Gasteiger charge is -2.12. The van der Waals surface area contributed by atoms with Crippen LogP contribution in [0.4, 0.5) is 0 Å². The summed E-state index contributed by atoms with van der Waals surface area (Å²) in [5.74, 6) is 0. The first-order valence-electron chi connectivity index (χ1n) is 13.3. The zero-order chi connectivity index (χ0) is 25.5. The van der Waals surface area contributed by atoms with E-state index < -0.39 is 0 Å². The smallest absolute Gasteiger partial charge is 0.0789 e. The Bertz CT molecular complexity index is 2370. The maximum Gasteiger partial charge on any atom is 0.0789 e. The van der Waals surface area contributed by atoms with Crippen molar-refractivity contribution in [2.24, 2.45) is 0 Å². The second-order valence-corrected chi connectivity index (χ2v) is 11.2. The van der Waals surface area contributed by atoms with Gasteiger partial charge < -0.3 is 9.13 Å². The van der Waals surface area contributed by atoms with Gasteiger partial charge in [0.15, 0.2) is 0 Å². The first-order valence-corrected chi connectivity index (χ1v) is 14.1. The van der Waals surface area contributed by atoms with Crippen molar-refractivity contribution in [1.29, 1.82) is 0 Å². The Morgan fingerprint density at radius 2 is 0.872 bits per heavy atom. The van der Waals surface area contributed by atoms with Gasteiger partial charge in [0, 0.05) is 48.4 Å². The molecule has 6 aromatic carbocycles. The second-order valence-electron chi connectivity index (χ2n) is 10.2. The zero-order valence-electron chi connectivity index (χ0n) is 21.0. The molecule has 0 fully saturated rings. The molecule has 39 heavy (non-hydrogen) atoms. The minimum Gasteiger partial charge on any atom is -0.307 e. The largest absolute Gasteiger partial charge is 0.307 e. The normalized spacial score (nSPS) is 12.1. The van der Waals surface area contributed by atoms with Crippen LogP contribution in [-0.2, 0) is 0 Å². The molecule has 3 heterocycles. The van der Waals surface area contributed by atoms with Crippen molar-refractivity contribution in [3.8, 4) is 11.4 Å². The minimum atomic E-state index is 1.17. The van der Waals surface area contributed by atoms with Gasteiger partial charge in [0.05, 0.1) is 26.8 Å². The molecule has 0 amide bonds. The molecule has 0 unspecified atom stereocenters. The maximum absolute atomic E-state index is 2.52. The van der Waals surface area contributed by atoms with Crippen LogP contribution in [0.25, 0.3) is 75.2 Å². The van der Waals surface area contributed by atoms with Crippen LogP contribution in [-0.4, -0.2) is 9.13 Å².